The fourth-order valence-corrected chi connectivity index (χ4v) is 3.21. The van der Waals surface area contributed by atoms with Gasteiger partial charge in [-0.3, -0.25) is 4.99 Å². The van der Waals surface area contributed by atoms with Gasteiger partial charge in [-0.2, -0.15) is 0 Å². The van der Waals surface area contributed by atoms with Gasteiger partial charge in [-0.05, 0) is 31.0 Å². The zero-order valence-corrected chi connectivity index (χ0v) is 13.0. The molecule has 1 heterocycles. The minimum Gasteiger partial charge on any atom is -0.383 e. The highest BCUT2D eigenvalue weighted by Gasteiger charge is 2.14. The lowest BCUT2D eigenvalue weighted by Gasteiger charge is -2.05. The molecular weight excluding hydrogens is 284 g/mol. The Labute approximate surface area is 135 Å². The maximum absolute atomic E-state index is 6.20. The van der Waals surface area contributed by atoms with E-state index in [0.717, 1.165) is 40.8 Å². The summed E-state index contributed by atoms with van der Waals surface area (Å²) in [7, 11) is 0. The zero-order chi connectivity index (χ0) is 15.6. The average Bonchev–Trinajstić information content (AvgIpc) is 3.24. The van der Waals surface area contributed by atoms with Crippen molar-refractivity contribution >= 4 is 16.9 Å². The van der Waals surface area contributed by atoms with Gasteiger partial charge in [0.25, 0.3) is 0 Å². The van der Waals surface area contributed by atoms with E-state index in [1.807, 2.05) is 36.4 Å². The number of hydrogen-bond acceptors (Lipinski definition) is 2. The fraction of sp³-hybridized carbons (Fsp3) is 0.263. The van der Waals surface area contributed by atoms with Crippen LogP contribution >= 0.6 is 0 Å². The molecule has 23 heavy (non-hydrogen) atoms. The molecular formula is C19H20N4. The van der Waals surface area contributed by atoms with Gasteiger partial charge in [-0.1, -0.05) is 43.2 Å². The third kappa shape index (κ3) is 2.84. The van der Waals surface area contributed by atoms with E-state index in [1.165, 1.54) is 12.8 Å². The lowest BCUT2D eigenvalue weighted by atomic mass is 10.1. The van der Waals surface area contributed by atoms with E-state index >= 15 is 0 Å². The predicted octanol–water partition coefficient (Wildman–Crippen LogP) is 3.88. The molecule has 0 bridgehead atoms. The molecule has 1 fully saturated rings. The highest BCUT2D eigenvalue weighted by Crippen LogP contribution is 2.23. The van der Waals surface area contributed by atoms with Gasteiger partial charge >= 0.3 is 0 Å². The summed E-state index contributed by atoms with van der Waals surface area (Å²) in [5, 5.41) is 0. The second-order valence-corrected chi connectivity index (χ2v) is 6.14. The molecule has 0 aliphatic heterocycles. The molecule has 1 aromatic heterocycles. The van der Waals surface area contributed by atoms with Crippen molar-refractivity contribution in [2.24, 2.45) is 10.7 Å². The number of benzene rings is 2. The van der Waals surface area contributed by atoms with Gasteiger partial charge in [0.15, 0.2) is 0 Å². The minimum absolute atomic E-state index is 0.396. The molecule has 1 saturated carbocycles. The van der Waals surface area contributed by atoms with Crippen LogP contribution < -0.4 is 5.73 Å². The van der Waals surface area contributed by atoms with Crippen LogP contribution in [0.3, 0.4) is 0 Å². The minimum atomic E-state index is 0.396. The lowest BCUT2D eigenvalue weighted by Crippen LogP contribution is -2.16. The fourth-order valence-electron chi connectivity index (χ4n) is 3.21. The Bertz CT molecular complexity index is 842. The monoisotopic (exact) mass is 304 g/mol. The molecule has 0 spiro atoms. The molecule has 3 N–H and O–H groups in total. The van der Waals surface area contributed by atoms with Crippen molar-refractivity contribution in [2.75, 3.05) is 0 Å². The summed E-state index contributed by atoms with van der Waals surface area (Å²) < 4.78 is 0. The van der Waals surface area contributed by atoms with E-state index in [4.69, 9.17) is 5.73 Å². The molecule has 4 nitrogen and oxygen atoms in total. The number of fused-ring (bicyclic) bond motifs is 1. The van der Waals surface area contributed by atoms with Crippen LogP contribution in [0.4, 0.5) is 0 Å². The number of hydrogen-bond donors (Lipinski definition) is 2. The molecule has 116 valence electrons. The van der Waals surface area contributed by atoms with E-state index in [9.17, 15) is 0 Å². The first-order chi connectivity index (χ1) is 11.3. The number of amidine groups is 1. The standard InChI is InChI=1S/C19H20N4/c20-18(21-15-8-4-5-9-15)14-10-11-16-17(12-14)23-19(22-16)13-6-2-1-3-7-13/h1-3,6-7,10-12,15H,4-5,8-9H2,(H2,20,21)(H,22,23). The van der Waals surface area contributed by atoms with Crippen LogP contribution in [0.1, 0.15) is 31.2 Å². The molecule has 4 heteroatoms. The van der Waals surface area contributed by atoms with Gasteiger partial charge in [0, 0.05) is 11.1 Å². The van der Waals surface area contributed by atoms with E-state index in [1.54, 1.807) is 0 Å². The number of imidazole rings is 1. The molecule has 0 saturated heterocycles. The Morgan fingerprint density at radius 3 is 2.65 bits per heavy atom. The molecule has 1 aliphatic carbocycles. The smallest absolute Gasteiger partial charge is 0.138 e. The number of aromatic nitrogens is 2. The number of nitrogens with zero attached hydrogens (tertiary/aromatic N) is 2. The number of nitrogens with two attached hydrogens (primary N) is 1. The van der Waals surface area contributed by atoms with Gasteiger partial charge in [0.05, 0.1) is 17.1 Å². The zero-order valence-electron chi connectivity index (χ0n) is 13.0. The van der Waals surface area contributed by atoms with Crippen LogP contribution in [0.15, 0.2) is 53.5 Å². The highest BCUT2D eigenvalue weighted by molar-refractivity contribution is 6.00. The van der Waals surface area contributed by atoms with E-state index < -0.39 is 0 Å². The van der Waals surface area contributed by atoms with Crippen molar-refractivity contribution in [1.82, 2.24) is 9.97 Å². The SMILES string of the molecule is NC(=NC1CCCC1)c1ccc2nc(-c3ccccc3)[nH]c2c1. The second kappa shape index (κ2) is 5.88. The van der Waals surface area contributed by atoms with Gasteiger partial charge in [0.2, 0.25) is 0 Å². The Balaban J connectivity index is 1.68. The number of aliphatic imine (C=N–C) groups is 1. The summed E-state index contributed by atoms with van der Waals surface area (Å²) in [4.78, 5) is 12.7. The van der Waals surface area contributed by atoms with Crippen LogP contribution in [0.25, 0.3) is 22.4 Å². The van der Waals surface area contributed by atoms with Gasteiger partial charge in [-0.15, -0.1) is 0 Å². The van der Waals surface area contributed by atoms with E-state index in [0.29, 0.717) is 11.9 Å². The third-order valence-electron chi connectivity index (χ3n) is 4.47. The molecule has 0 unspecified atom stereocenters. The molecule has 0 atom stereocenters. The first kappa shape index (κ1) is 14.0. The van der Waals surface area contributed by atoms with Crippen molar-refractivity contribution in [3.05, 3.63) is 54.1 Å². The summed E-state index contributed by atoms with van der Waals surface area (Å²) in [6, 6.07) is 16.6. The number of nitrogens with one attached hydrogen (secondary N) is 1. The van der Waals surface area contributed by atoms with Crippen molar-refractivity contribution in [1.29, 1.82) is 0 Å². The predicted molar refractivity (Wildman–Crippen MR) is 94.5 cm³/mol. The number of rotatable bonds is 3. The van der Waals surface area contributed by atoms with Crippen LogP contribution in [-0.4, -0.2) is 21.8 Å². The summed E-state index contributed by atoms with van der Waals surface area (Å²) >= 11 is 0. The molecule has 0 amide bonds. The van der Waals surface area contributed by atoms with Gasteiger partial charge < -0.3 is 10.7 Å². The lowest BCUT2D eigenvalue weighted by molar-refractivity contribution is 0.706. The van der Waals surface area contributed by atoms with Crippen molar-refractivity contribution in [3.63, 3.8) is 0 Å². The van der Waals surface area contributed by atoms with Gasteiger partial charge in [0.1, 0.15) is 11.7 Å². The number of H-pyrrole nitrogens is 1. The molecule has 0 radical (unpaired) electrons. The first-order valence-corrected chi connectivity index (χ1v) is 8.18. The largest absolute Gasteiger partial charge is 0.383 e. The summed E-state index contributed by atoms with van der Waals surface area (Å²) in [5.74, 6) is 1.51. The van der Waals surface area contributed by atoms with Crippen molar-refractivity contribution in [2.45, 2.75) is 31.7 Å². The number of aromatic amines is 1. The Morgan fingerprint density at radius 1 is 1.09 bits per heavy atom. The van der Waals surface area contributed by atoms with E-state index in [2.05, 4.69) is 27.1 Å². The topological polar surface area (TPSA) is 67.1 Å². The molecule has 4 rings (SSSR count). The van der Waals surface area contributed by atoms with Crippen LogP contribution in [0.5, 0.6) is 0 Å². The Kier molecular flexibility index (Phi) is 3.58. The normalized spacial score (nSPS) is 16.3. The van der Waals surface area contributed by atoms with E-state index in [-0.39, 0.29) is 0 Å². The molecule has 2 aromatic carbocycles. The summed E-state index contributed by atoms with van der Waals surface area (Å²) in [6.07, 6.45) is 4.85. The van der Waals surface area contributed by atoms with Crippen LogP contribution in [0.2, 0.25) is 0 Å². The summed E-state index contributed by atoms with van der Waals surface area (Å²) in [6.45, 7) is 0. The quantitative estimate of drug-likeness (QED) is 0.569. The van der Waals surface area contributed by atoms with Crippen molar-refractivity contribution in [3.8, 4) is 11.4 Å². The molecule has 1 aliphatic rings. The Morgan fingerprint density at radius 2 is 1.87 bits per heavy atom. The highest BCUT2D eigenvalue weighted by atomic mass is 14.9. The maximum atomic E-state index is 6.20. The average molecular weight is 304 g/mol. The Hall–Kier alpha value is -2.62. The van der Waals surface area contributed by atoms with Crippen molar-refractivity contribution < 1.29 is 0 Å². The molecule has 3 aromatic rings. The maximum Gasteiger partial charge on any atom is 0.138 e. The second-order valence-electron chi connectivity index (χ2n) is 6.14. The van der Waals surface area contributed by atoms with Gasteiger partial charge in [-0.25, -0.2) is 4.98 Å². The first-order valence-electron chi connectivity index (χ1n) is 8.18. The summed E-state index contributed by atoms with van der Waals surface area (Å²) in [5.41, 5.74) is 10.2. The van der Waals surface area contributed by atoms with Crippen LogP contribution in [0, 0.1) is 0 Å². The van der Waals surface area contributed by atoms with Crippen LogP contribution in [-0.2, 0) is 0 Å². The third-order valence-corrected chi connectivity index (χ3v) is 4.47.